The van der Waals surface area contributed by atoms with E-state index >= 15 is 0 Å². The number of anilines is 1. The lowest BCUT2D eigenvalue weighted by Crippen LogP contribution is -2.09. The van der Waals surface area contributed by atoms with Crippen LogP contribution in [0.2, 0.25) is 5.22 Å². The molecule has 18 heavy (non-hydrogen) atoms. The minimum absolute atomic E-state index is 0.0722. The number of aromatic carboxylic acids is 1. The molecule has 0 radical (unpaired) electrons. The first-order chi connectivity index (χ1) is 8.47. The number of carbonyl (C=O) groups is 2. The maximum Gasteiger partial charge on any atom is 0.346 e. The number of furan rings is 1. The van der Waals surface area contributed by atoms with Crippen LogP contribution in [0.5, 0.6) is 0 Å². The Morgan fingerprint density at radius 2 is 2.17 bits per heavy atom. The third-order valence-electron chi connectivity index (χ3n) is 2.15. The summed E-state index contributed by atoms with van der Waals surface area (Å²) in [7, 11) is 0. The van der Waals surface area contributed by atoms with E-state index in [1.807, 2.05) is 0 Å². The smallest absolute Gasteiger partial charge is 0.346 e. The topological polar surface area (TPSA) is 79.5 Å². The number of thiophene rings is 1. The van der Waals surface area contributed by atoms with E-state index in [0.29, 0.717) is 10.6 Å². The number of hydrogen-bond acceptors (Lipinski definition) is 4. The van der Waals surface area contributed by atoms with Crippen molar-refractivity contribution in [3.05, 3.63) is 39.6 Å². The first kappa shape index (κ1) is 12.7. The van der Waals surface area contributed by atoms with Gasteiger partial charge in [0.1, 0.15) is 4.88 Å². The van der Waals surface area contributed by atoms with Gasteiger partial charge in [-0.05, 0) is 42.3 Å². The highest BCUT2D eigenvalue weighted by molar-refractivity contribution is 7.18. The van der Waals surface area contributed by atoms with Crippen LogP contribution in [0.3, 0.4) is 0 Å². The number of hydrogen-bond donors (Lipinski definition) is 2. The maximum absolute atomic E-state index is 11.7. The standard InChI is InChI=1S/C11H8ClNO4S/c1-5-4-8(18-9(5)11(15)16)13-10(14)6-2-3-7(12)17-6/h2-4H,1H3,(H,13,14)(H,15,16). The molecule has 0 aliphatic rings. The second-order valence-corrected chi connectivity index (χ2v) is 4.91. The summed E-state index contributed by atoms with van der Waals surface area (Å²) in [6, 6.07) is 4.49. The van der Waals surface area contributed by atoms with Crippen LogP contribution in [0.15, 0.2) is 22.6 Å². The lowest BCUT2D eigenvalue weighted by atomic mass is 10.3. The fourth-order valence-corrected chi connectivity index (χ4v) is 2.42. The molecule has 7 heteroatoms. The first-order valence-corrected chi connectivity index (χ1v) is 6.07. The van der Waals surface area contributed by atoms with Crippen molar-refractivity contribution >= 4 is 39.8 Å². The zero-order valence-corrected chi connectivity index (χ0v) is 10.8. The predicted molar refractivity (Wildman–Crippen MR) is 67.7 cm³/mol. The average Bonchev–Trinajstić information content (AvgIpc) is 2.85. The summed E-state index contributed by atoms with van der Waals surface area (Å²) in [5.41, 5.74) is 0.597. The van der Waals surface area contributed by atoms with E-state index < -0.39 is 11.9 Å². The third-order valence-corrected chi connectivity index (χ3v) is 3.49. The van der Waals surface area contributed by atoms with Crippen LogP contribution < -0.4 is 5.32 Å². The molecule has 0 unspecified atom stereocenters. The molecule has 0 spiro atoms. The number of carboxylic acid groups (broad SMARTS) is 1. The quantitative estimate of drug-likeness (QED) is 0.907. The van der Waals surface area contributed by atoms with Crippen LogP contribution in [0, 0.1) is 6.92 Å². The van der Waals surface area contributed by atoms with Crippen LogP contribution >= 0.6 is 22.9 Å². The number of aryl methyl sites for hydroxylation is 1. The van der Waals surface area contributed by atoms with Crippen molar-refractivity contribution in [2.24, 2.45) is 0 Å². The van der Waals surface area contributed by atoms with Crippen molar-refractivity contribution in [2.75, 3.05) is 5.32 Å². The Kier molecular flexibility index (Phi) is 3.40. The normalized spacial score (nSPS) is 10.3. The molecule has 0 aromatic carbocycles. The maximum atomic E-state index is 11.7. The highest BCUT2D eigenvalue weighted by Gasteiger charge is 2.16. The molecule has 94 valence electrons. The number of halogens is 1. The molecule has 2 N–H and O–H groups in total. The van der Waals surface area contributed by atoms with E-state index in [1.165, 1.54) is 12.1 Å². The van der Waals surface area contributed by atoms with Gasteiger partial charge in [0.05, 0.1) is 5.00 Å². The molecule has 0 aliphatic carbocycles. The fraction of sp³-hybridized carbons (Fsp3) is 0.0909. The van der Waals surface area contributed by atoms with Gasteiger partial charge in [-0.2, -0.15) is 0 Å². The van der Waals surface area contributed by atoms with Crippen LogP contribution in [0.25, 0.3) is 0 Å². The average molecular weight is 286 g/mol. The second kappa shape index (κ2) is 4.83. The summed E-state index contributed by atoms with van der Waals surface area (Å²) in [6.45, 7) is 1.67. The molecule has 0 bridgehead atoms. The van der Waals surface area contributed by atoms with Gasteiger partial charge in [0.25, 0.3) is 5.91 Å². The Morgan fingerprint density at radius 1 is 1.44 bits per heavy atom. The van der Waals surface area contributed by atoms with Gasteiger partial charge < -0.3 is 14.8 Å². The van der Waals surface area contributed by atoms with Crippen molar-refractivity contribution in [2.45, 2.75) is 6.92 Å². The minimum Gasteiger partial charge on any atom is -0.477 e. The zero-order chi connectivity index (χ0) is 13.3. The lowest BCUT2D eigenvalue weighted by Gasteiger charge is -1.97. The van der Waals surface area contributed by atoms with Gasteiger partial charge in [-0.3, -0.25) is 4.79 Å². The van der Waals surface area contributed by atoms with Gasteiger partial charge in [0, 0.05) is 0 Å². The van der Waals surface area contributed by atoms with Crippen molar-refractivity contribution in [1.29, 1.82) is 0 Å². The van der Waals surface area contributed by atoms with Crippen molar-refractivity contribution < 1.29 is 19.1 Å². The Balaban J connectivity index is 2.17. The second-order valence-electron chi connectivity index (χ2n) is 3.49. The summed E-state index contributed by atoms with van der Waals surface area (Å²) >= 11 is 6.55. The summed E-state index contributed by atoms with van der Waals surface area (Å²) in [6.07, 6.45) is 0. The van der Waals surface area contributed by atoms with E-state index in [0.717, 1.165) is 11.3 Å². The lowest BCUT2D eigenvalue weighted by molar-refractivity contribution is 0.0701. The Labute approximate surface area is 111 Å². The molecule has 0 saturated heterocycles. The molecule has 0 saturated carbocycles. The minimum atomic E-state index is -1.01. The summed E-state index contributed by atoms with van der Waals surface area (Å²) in [5, 5.41) is 12.0. The van der Waals surface area contributed by atoms with Crippen LogP contribution in [-0.2, 0) is 0 Å². The first-order valence-electron chi connectivity index (χ1n) is 4.88. The molecule has 5 nitrogen and oxygen atoms in total. The zero-order valence-electron chi connectivity index (χ0n) is 9.19. The Hall–Kier alpha value is -1.79. The number of nitrogens with one attached hydrogen (secondary N) is 1. The van der Waals surface area contributed by atoms with Crippen molar-refractivity contribution in [3.63, 3.8) is 0 Å². The van der Waals surface area contributed by atoms with E-state index in [9.17, 15) is 9.59 Å². The number of carbonyl (C=O) groups excluding carboxylic acids is 1. The molecule has 2 aromatic heterocycles. The highest BCUT2D eigenvalue weighted by atomic mass is 35.5. The third kappa shape index (κ3) is 2.55. The van der Waals surface area contributed by atoms with Gasteiger partial charge in [0.15, 0.2) is 11.0 Å². The van der Waals surface area contributed by atoms with E-state index in [4.69, 9.17) is 21.1 Å². The predicted octanol–water partition coefficient (Wildman–Crippen LogP) is 3.25. The number of rotatable bonds is 3. The van der Waals surface area contributed by atoms with Gasteiger partial charge in [-0.15, -0.1) is 11.3 Å². The SMILES string of the molecule is Cc1cc(NC(=O)c2ccc(Cl)o2)sc1C(=O)O. The summed E-state index contributed by atoms with van der Waals surface area (Å²) in [4.78, 5) is 22.8. The molecular formula is C11H8ClNO4S. The summed E-state index contributed by atoms with van der Waals surface area (Å²) in [5.74, 6) is -1.41. The van der Waals surface area contributed by atoms with Gasteiger partial charge >= 0.3 is 5.97 Å². The monoisotopic (exact) mass is 285 g/mol. The molecule has 0 fully saturated rings. The molecular weight excluding hydrogens is 278 g/mol. The highest BCUT2D eigenvalue weighted by Crippen LogP contribution is 2.27. The van der Waals surface area contributed by atoms with E-state index in [1.54, 1.807) is 13.0 Å². The Morgan fingerprint density at radius 3 is 2.67 bits per heavy atom. The molecule has 0 atom stereocenters. The van der Waals surface area contributed by atoms with E-state index in [2.05, 4.69) is 5.32 Å². The molecule has 2 aromatic rings. The van der Waals surface area contributed by atoms with Crippen molar-refractivity contribution in [1.82, 2.24) is 0 Å². The molecule has 2 rings (SSSR count). The van der Waals surface area contributed by atoms with Crippen LogP contribution in [-0.4, -0.2) is 17.0 Å². The van der Waals surface area contributed by atoms with Gasteiger partial charge in [0.2, 0.25) is 0 Å². The largest absolute Gasteiger partial charge is 0.477 e. The van der Waals surface area contributed by atoms with Crippen LogP contribution in [0.4, 0.5) is 5.00 Å². The van der Waals surface area contributed by atoms with Crippen LogP contribution in [0.1, 0.15) is 25.8 Å². The molecule has 1 amide bonds. The Bertz CT molecular complexity index is 616. The number of amides is 1. The molecule has 2 heterocycles. The van der Waals surface area contributed by atoms with Crippen molar-refractivity contribution in [3.8, 4) is 0 Å². The fourth-order valence-electron chi connectivity index (χ4n) is 1.37. The van der Waals surface area contributed by atoms with E-state index in [-0.39, 0.29) is 15.9 Å². The van der Waals surface area contributed by atoms with Gasteiger partial charge in [-0.25, -0.2) is 4.79 Å². The summed E-state index contributed by atoms with van der Waals surface area (Å²) < 4.78 is 4.94. The van der Waals surface area contributed by atoms with Gasteiger partial charge in [-0.1, -0.05) is 0 Å². The number of carboxylic acids is 1. The molecule has 0 aliphatic heterocycles.